The molecule has 0 radical (unpaired) electrons. The predicted molar refractivity (Wildman–Crippen MR) is 78.4 cm³/mol. The van der Waals surface area contributed by atoms with Gasteiger partial charge < -0.3 is 14.5 Å². The summed E-state index contributed by atoms with van der Waals surface area (Å²) < 4.78 is 35.1. The molecule has 1 aromatic heterocycles. The molecular formula is C16H21F2NO2. The highest BCUT2D eigenvalue weighted by atomic mass is 19.3. The quantitative estimate of drug-likeness (QED) is 0.801. The smallest absolute Gasteiger partial charge is 0.261 e. The molecule has 3 nitrogen and oxygen atoms in total. The van der Waals surface area contributed by atoms with Gasteiger partial charge in [-0.15, -0.1) is 0 Å². The van der Waals surface area contributed by atoms with Crippen molar-refractivity contribution in [1.29, 1.82) is 0 Å². The van der Waals surface area contributed by atoms with Crippen LogP contribution in [0.1, 0.15) is 25.2 Å². The standard InChI is InChI=1S/C16H21F2NO2/c1-11(2)7-19-8-13-12-5-3-4-6-14(12)21-15(13)9-20-10-16(17)18/h3-6,11,16,19H,7-10H2,1-2H3. The van der Waals surface area contributed by atoms with Crippen molar-refractivity contribution in [2.24, 2.45) is 5.92 Å². The van der Waals surface area contributed by atoms with Crippen LogP contribution in [0.2, 0.25) is 0 Å². The van der Waals surface area contributed by atoms with E-state index in [0.717, 1.165) is 23.1 Å². The van der Waals surface area contributed by atoms with Crippen molar-refractivity contribution in [3.8, 4) is 0 Å². The van der Waals surface area contributed by atoms with Gasteiger partial charge in [-0.1, -0.05) is 32.0 Å². The van der Waals surface area contributed by atoms with Crippen LogP contribution in [0.3, 0.4) is 0 Å². The van der Waals surface area contributed by atoms with Gasteiger partial charge in [-0.2, -0.15) is 0 Å². The molecule has 2 aromatic rings. The summed E-state index contributed by atoms with van der Waals surface area (Å²) in [5.74, 6) is 1.16. The molecule has 116 valence electrons. The van der Waals surface area contributed by atoms with Crippen molar-refractivity contribution in [2.75, 3.05) is 13.2 Å². The summed E-state index contributed by atoms with van der Waals surface area (Å²) in [6.45, 7) is 5.29. The minimum absolute atomic E-state index is 0.0672. The van der Waals surface area contributed by atoms with E-state index in [1.807, 2.05) is 24.3 Å². The van der Waals surface area contributed by atoms with Gasteiger partial charge in [-0.25, -0.2) is 8.78 Å². The molecule has 0 saturated carbocycles. The molecule has 0 amide bonds. The summed E-state index contributed by atoms with van der Waals surface area (Å²) >= 11 is 0. The van der Waals surface area contributed by atoms with E-state index in [0.29, 0.717) is 18.2 Å². The molecule has 2 rings (SSSR count). The topological polar surface area (TPSA) is 34.4 Å². The van der Waals surface area contributed by atoms with Crippen LogP contribution in [0.5, 0.6) is 0 Å². The zero-order chi connectivity index (χ0) is 15.2. The van der Waals surface area contributed by atoms with Gasteiger partial charge in [0.1, 0.15) is 24.6 Å². The van der Waals surface area contributed by atoms with Crippen LogP contribution in [-0.4, -0.2) is 19.6 Å². The second kappa shape index (κ2) is 7.52. The third-order valence-electron chi connectivity index (χ3n) is 3.11. The molecule has 1 heterocycles. The summed E-state index contributed by atoms with van der Waals surface area (Å²) in [7, 11) is 0. The summed E-state index contributed by atoms with van der Waals surface area (Å²) in [4.78, 5) is 0. The molecule has 0 aliphatic carbocycles. The molecule has 1 N–H and O–H groups in total. The van der Waals surface area contributed by atoms with Gasteiger partial charge in [-0.3, -0.25) is 0 Å². The van der Waals surface area contributed by atoms with E-state index in [9.17, 15) is 8.78 Å². The highest BCUT2D eigenvalue weighted by Gasteiger charge is 2.14. The zero-order valence-electron chi connectivity index (χ0n) is 12.4. The maximum Gasteiger partial charge on any atom is 0.261 e. The van der Waals surface area contributed by atoms with Gasteiger partial charge >= 0.3 is 0 Å². The molecule has 0 unspecified atom stereocenters. The van der Waals surface area contributed by atoms with Crippen LogP contribution in [0.15, 0.2) is 28.7 Å². The van der Waals surface area contributed by atoms with Crippen molar-refractivity contribution in [3.05, 3.63) is 35.6 Å². The third kappa shape index (κ3) is 4.51. The van der Waals surface area contributed by atoms with Crippen LogP contribution in [0.4, 0.5) is 8.78 Å². The van der Waals surface area contributed by atoms with Crippen LogP contribution in [-0.2, 0) is 17.9 Å². The number of ether oxygens (including phenoxy) is 1. The molecule has 0 fully saturated rings. The SMILES string of the molecule is CC(C)CNCc1c(COCC(F)F)oc2ccccc12. The number of alkyl halides is 2. The van der Waals surface area contributed by atoms with Gasteiger partial charge in [0.2, 0.25) is 0 Å². The Labute approximate surface area is 123 Å². The Hall–Kier alpha value is -1.46. The normalized spacial score (nSPS) is 11.9. The van der Waals surface area contributed by atoms with Gasteiger partial charge in [0, 0.05) is 17.5 Å². The maximum absolute atomic E-state index is 12.2. The Kier molecular flexibility index (Phi) is 5.70. The van der Waals surface area contributed by atoms with Gasteiger partial charge in [0.15, 0.2) is 0 Å². The lowest BCUT2D eigenvalue weighted by atomic mass is 10.1. The van der Waals surface area contributed by atoms with Crippen molar-refractivity contribution < 1.29 is 17.9 Å². The molecule has 1 aromatic carbocycles. The van der Waals surface area contributed by atoms with Gasteiger partial charge in [0.05, 0.1) is 0 Å². The van der Waals surface area contributed by atoms with E-state index in [2.05, 4.69) is 19.2 Å². The Bertz CT molecular complexity index is 566. The van der Waals surface area contributed by atoms with Crippen molar-refractivity contribution >= 4 is 11.0 Å². The van der Waals surface area contributed by atoms with Crippen molar-refractivity contribution in [1.82, 2.24) is 5.32 Å². The van der Waals surface area contributed by atoms with E-state index < -0.39 is 13.0 Å². The average Bonchev–Trinajstić information content (AvgIpc) is 2.76. The highest BCUT2D eigenvalue weighted by Crippen LogP contribution is 2.26. The predicted octanol–water partition coefficient (Wildman–Crippen LogP) is 3.96. The number of halogens is 2. The van der Waals surface area contributed by atoms with Crippen LogP contribution >= 0.6 is 0 Å². The van der Waals surface area contributed by atoms with Crippen molar-refractivity contribution in [3.63, 3.8) is 0 Å². The number of hydrogen-bond donors (Lipinski definition) is 1. The summed E-state index contributed by atoms with van der Waals surface area (Å²) in [6, 6.07) is 7.67. The maximum atomic E-state index is 12.2. The number of benzene rings is 1. The number of rotatable bonds is 8. The zero-order valence-corrected chi connectivity index (χ0v) is 12.4. The van der Waals surface area contributed by atoms with Crippen LogP contribution in [0, 0.1) is 5.92 Å². The Morgan fingerprint density at radius 2 is 2.00 bits per heavy atom. The lowest BCUT2D eigenvalue weighted by Gasteiger charge is -2.08. The van der Waals surface area contributed by atoms with Crippen LogP contribution in [0.25, 0.3) is 11.0 Å². The molecule has 0 atom stereocenters. The summed E-state index contributed by atoms with van der Waals surface area (Å²) in [5, 5.41) is 4.36. The van der Waals surface area contributed by atoms with Gasteiger partial charge in [-0.05, 0) is 18.5 Å². The molecule has 21 heavy (non-hydrogen) atoms. The second-order valence-electron chi connectivity index (χ2n) is 5.43. The first-order chi connectivity index (χ1) is 10.1. The Morgan fingerprint density at radius 3 is 2.71 bits per heavy atom. The fraction of sp³-hybridized carbons (Fsp3) is 0.500. The lowest BCUT2D eigenvalue weighted by Crippen LogP contribution is -2.19. The average molecular weight is 297 g/mol. The highest BCUT2D eigenvalue weighted by molar-refractivity contribution is 5.82. The van der Waals surface area contributed by atoms with E-state index in [1.54, 1.807) is 0 Å². The lowest BCUT2D eigenvalue weighted by molar-refractivity contribution is 0.00460. The molecule has 0 spiro atoms. The first kappa shape index (κ1) is 15.9. The Morgan fingerprint density at radius 1 is 1.24 bits per heavy atom. The summed E-state index contributed by atoms with van der Waals surface area (Å²) in [5.41, 5.74) is 1.75. The number of fused-ring (bicyclic) bond motifs is 1. The van der Waals surface area contributed by atoms with Crippen molar-refractivity contribution in [2.45, 2.75) is 33.4 Å². The Balaban J connectivity index is 2.13. The minimum atomic E-state index is -2.46. The minimum Gasteiger partial charge on any atom is -0.458 e. The van der Waals surface area contributed by atoms with E-state index in [1.165, 1.54) is 0 Å². The van der Waals surface area contributed by atoms with E-state index in [4.69, 9.17) is 9.15 Å². The number of para-hydroxylation sites is 1. The molecule has 0 saturated heterocycles. The fourth-order valence-corrected chi connectivity index (χ4v) is 2.19. The number of hydrogen-bond acceptors (Lipinski definition) is 3. The largest absolute Gasteiger partial charge is 0.458 e. The molecule has 0 aliphatic heterocycles. The van der Waals surface area contributed by atoms with E-state index >= 15 is 0 Å². The molecule has 5 heteroatoms. The first-order valence-corrected chi connectivity index (χ1v) is 7.13. The monoisotopic (exact) mass is 297 g/mol. The molecule has 0 bridgehead atoms. The first-order valence-electron chi connectivity index (χ1n) is 7.13. The van der Waals surface area contributed by atoms with Crippen LogP contribution < -0.4 is 5.32 Å². The fourth-order valence-electron chi connectivity index (χ4n) is 2.19. The number of nitrogens with one attached hydrogen (secondary N) is 1. The van der Waals surface area contributed by atoms with E-state index in [-0.39, 0.29) is 6.61 Å². The second-order valence-corrected chi connectivity index (χ2v) is 5.43. The summed E-state index contributed by atoms with van der Waals surface area (Å²) in [6.07, 6.45) is -2.46. The molecular weight excluding hydrogens is 276 g/mol. The number of furan rings is 1. The van der Waals surface area contributed by atoms with Gasteiger partial charge in [0.25, 0.3) is 6.43 Å². The third-order valence-corrected chi connectivity index (χ3v) is 3.11. The molecule has 0 aliphatic rings.